The van der Waals surface area contributed by atoms with Crippen molar-refractivity contribution in [3.8, 4) is 11.5 Å². The van der Waals surface area contributed by atoms with Crippen LogP contribution in [0.3, 0.4) is 0 Å². The SMILES string of the molecule is COc1ccc(OCc2ccccc2)c(F)c1C1CCCNC1. The molecule has 2 aromatic rings. The summed E-state index contributed by atoms with van der Waals surface area (Å²) in [6, 6.07) is 13.2. The molecule has 0 radical (unpaired) electrons. The Bertz CT molecular complexity index is 639. The van der Waals surface area contributed by atoms with Crippen LogP contribution in [0, 0.1) is 5.82 Å². The van der Waals surface area contributed by atoms with Gasteiger partial charge in [-0.3, -0.25) is 0 Å². The summed E-state index contributed by atoms with van der Waals surface area (Å²) in [6.45, 7) is 2.12. The monoisotopic (exact) mass is 315 g/mol. The first-order valence-electron chi connectivity index (χ1n) is 8.03. The number of rotatable bonds is 5. The van der Waals surface area contributed by atoms with E-state index in [1.54, 1.807) is 19.2 Å². The third-order valence-corrected chi connectivity index (χ3v) is 4.27. The maximum absolute atomic E-state index is 15.0. The van der Waals surface area contributed by atoms with Crippen molar-refractivity contribution in [3.05, 3.63) is 59.4 Å². The fourth-order valence-corrected chi connectivity index (χ4v) is 3.06. The van der Waals surface area contributed by atoms with Gasteiger partial charge in [-0.15, -0.1) is 0 Å². The van der Waals surface area contributed by atoms with Crippen molar-refractivity contribution < 1.29 is 13.9 Å². The van der Waals surface area contributed by atoms with Crippen LogP contribution < -0.4 is 14.8 Å². The number of piperidine rings is 1. The Morgan fingerprint density at radius 3 is 2.61 bits per heavy atom. The Hall–Kier alpha value is -2.07. The zero-order chi connectivity index (χ0) is 16.1. The molecule has 1 atom stereocenters. The van der Waals surface area contributed by atoms with Gasteiger partial charge in [0.15, 0.2) is 11.6 Å². The quantitative estimate of drug-likeness (QED) is 0.908. The van der Waals surface area contributed by atoms with Crippen LogP contribution in [0.25, 0.3) is 0 Å². The lowest BCUT2D eigenvalue weighted by Gasteiger charge is -2.25. The first-order chi connectivity index (χ1) is 11.3. The Morgan fingerprint density at radius 1 is 1.13 bits per heavy atom. The fraction of sp³-hybridized carbons (Fsp3) is 0.368. The molecule has 0 saturated carbocycles. The lowest BCUT2D eigenvalue weighted by atomic mass is 9.90. The summed E-state index contributed by atoms with van der Waals surface area (Å²) in [4.78, 5) is 0. The highest BCUT2D eigenvalue weighted by Gasteiger charge is 2.25. The Morgan fingerprint density at radius 2 is 1.91 bits per heavy atom. The van der Waals surface area contributed by atoms with Crippen LogP contribution >= 0.6 is 0 Å². The van der Waals surface area contributed by atoms with Crippen molar-refractivity contribution >= 4 is 0 Å². The maximum atomic E-state index is 15.0. The van der Waals surface area contributed by atoms with Crippen LogP contribution in [0.1, 0.15) is 29.9 Å². The van der Waals surface area contributed by atoms with Gasteiger partial charge in [-0.05, 0) is 37.1 Å². The summed E-state index contributed by atoms with van der Waals surface area (Å²) in [7, 11) is 1.58. The summed E-state index contributed by atoms with van der Waals surface area (Å²) in [5.41, 5.74) is 1.65. The van der Waals surface area contributed by atoms with Gasteiger partial charge in [-0.2, -0.15) is 0 Å². The first kappa shape index (κ1) is 15.8. The molecule has 0 amide bonds. The van der Waals surface area contributed by atoms with Crippen LogP contribution in [0.15, 0.2) is 42.5 Å². The van der Waals surface area contributed by atoms with Crippen molar-refractivity contribution in [2.24, 2.45) is 0 Å². The van der Waals surface area contributed by atoms with E-state index in [1.165, 1.54) is 0 Å². The highest BCUT2D eigenvalue weighted by Crippen LogP contribution is 2.37. The molecule has 0 bridgehead atoms. The van der Waals surface area contributed by atoms with Crippen LogP contribution in [0.2, 0.25) is 0 Å². The summed E-state index contributed by atoms with van der Waals surface area (Å²) >= 11 is 0. The Labute approximate surface area is 136 Å². The van der Waals surface area contributed by atoms with Gasteiger partial charge >= 0.3 is 0 Å². The average Bonchev–Trinajstić information content (AvgIpc) is 2.62. The van der Waals surface area contributed by atoms with Gasteiger partial charge in [0.05, 0.1) is 7.11 Å². The second kappa shape index (κ2) is 7.47. The number of methoxy groups -OCH3 is 1. The van der Waals surface area contributed by atoms with Gasteiger partial charge in [0, 0.05) is 18.0 Å². The van der Waals surface area contributed by atoms with E-state index in [9.17, 15) is 4.39 Å². The predicted molar refractivity (Wildman–Crippen MR) is 88.6 cm³/mol. The molecule has 1 heterocycles. The number of benzene rings is 2. The second-order valence-corrected chi connectivity index (χ2v) is 5.81. The standard InChI is InChI=1S/C19H22FNO2/c1-22-16-9-10-17(23-13-14-6-3-2-4-7-14)19(20)18(16)15-8-5-11-21-12-15/h2-4,6-7,9-10,15,21H,5,8,11-13H2,1H3. The van der Waals surface area contributed by atoms with Crippen molar-refractivity contribution in [2.45, 2.75) is 25.4 Å². The predicted octanol–water partition coefficient (Wildman–Crippen LogP) is 3.88. The minimum absolute atomic E-state index is 0.124. The summed E-state index contributed by atoms with van der Waals surface area (Å²) in [5, 5.41) is 3.33. The second-order valence-electron chi connectivity index (χ2n) is 5.81. The molecule has 1 saturated heterocycles. The minimum atomic E-state index is -0.297. The van der Waals surface area contributed by atoms with E-state index in [-0.39, 0.29) is 17.5 Å². The first-order valence-corrected chi connectivity index (χ1v) is 8.03. The van der Waals surface area contributed by atoms with Crippen LogP contribution in [-0.2, 0) is 6.61 Å². The van der Waals surface area contributed by atoms with Gasteiger partial charge in [-0.25, -0.2) is 4.39 Å². The molecule has 4 heteroatoms. The molecular formula is C19H22FNO2. The highest BCUT2D eigenvalue weighted by molar-refractivity contribution is 5.44. The molecule has 1 fully saturated rings. The number of halogens is 1. The van der Waals surface area contributed by atoms with Crippen LogP contribution in [-0.4, -0.2) is 20.2 Å². The smallest absolute Gasteiger partial charge is 0.172 e. The third kappa shape index (κ3) is 3.64. The van der Waals surface area contributed by atoms with Crippen LogP contribution in [0.4, 0.5) is 4.39 Å². The molecule has 1 unspecified atom stereocenters. The minimum Gasteiger partial charge on any atom is -0.496 e. The van der Waals surface area contributed by atoms with Crippen LogP contribution in [0.5, 0.6) is 11.5 Å². The number of hydrogen-bond acceptors (Lipinski definition) is 3. The zero-order valence-electron chi connectivity index (χ0n) is 13.3. The van der Waals surface area contributed by atoms with Crippen molar-refractivity contribution in [2.75, 3.05) is 20.2 Å². The fourth-order valence-electron chi connectivity index (χ4n) is 3.06. The molecule has 122 valence electrons. The van der Waals surface area contributed by atoms with E-state index in [2.05, 4.69) is 5.32 Å². The van der Waals surface area contributed by atoms with Gasteiger partial charge < -0.3 is 14.8 Å². The molecule has 1 aliphatic heterocycles. The number of nitrogens with one attached hydrogen (secondary N) is 1. The molecule has 2 aromatic carbocycles. The molecule has 23 heavy (non-hydrogen) atoms. The molecule has 1 N–H and O–H groups in total. The number of hydrogen-bond donors (Lipinski definition) is 1. The molecular weight excluding hydrogens is 293 g/mol. The Kier molecular flexibility index (Phi) is 5.13. The van der Waals surface area contributed by atoms with Crippen molar-refractivity contribution in [1.29, 1.82) is 0 Å². The van der Waals surface area contributed by atoms with Crippen molar-refractivity contribution in [1.82, 2.24) is 5.32 Å². The van der Waals surface area contributed by atoms with Crippen molar-refractivity contribution in [3.63, 3.8) is 0 Å². The van der Waals surface area contributed by atoms with E-state index in [1.807, 2.05) is 30.3 Å². The molecule has 1 aliphatic rings. The topological polar surface area (TPSA) is 30.5 Å². The molecule has 3 nitrogen and oxygen atoms in total. The van der Waals surface area contributed by atoms with E-state index in [4.69, 9.17) is 9.47 Å². The van der Waals surface area contributed by atoms with E-state index in [0.717, 1.165) is 31.5 Å². The zero-order valence-corrected chi connectivity index (χ0v) is 13.3. The normalized spacial score (nSPS) is 17.7. The Balaban J connectivity index is 1.83. The average molecular weight is 315 g/mol. The third-order valence-electron chi connectivity index (χ3n) is 4.27. The van der Waals surface area contributed by atoms with Gasteiger partial charge in [-0.1, -0.05) is 30.3 Å². The lowest BCUT2D eigenvalue weighted by Crippen LogP contribution is -2.29. The maximum Gasteiger partial charge on any atom is 0.172 e. The molecule has 0 aromatic heterocycles. The number of ether oxygens (including phenoxy) is 2. The summed E-state index contributed by atoms with van der Waals surface area (Å²) < 4.78 is 26.1. The van der Waals surface area contributed by atoms with Gasteiger partial charge in [0.25, 0.3) is 0 Å². The van der Waals surface area contributed by atoms with E-state index in [0.29, 0.717) is 17.9 Å². The van der Waals surface area contributed by atoms with E-state index < -0.39 is 0 Å². The highest BCUT2D eigenvalue weighted by atomic mass is 19.1. The largest absolute Gasteiger partial charge is 0.496 e. The molecule has 0 aliphatic carbocycles. The summed E-state index contributed by atoms with van der Waals surface area (Å²) in [6.07, 6.45) is 2.00. The lowest BCUT2D eigenvalue weighted by molar-refractivity contribution is 0.285. The van der Waals surface area contributed by atoms with Gasteiger partial charge in [0.1, 0.15) is 12.4 Å². The van der Waals surface area contributed by atoms with E-state index >= 15 is 0 Å². The summed E-state index contributed by atoms with van der Waals surface area (Å²) in [5.74, 6) is 0.714. The molecule has 0 spiro atoms. The van der Waals surface area contributed by atoms with Gasteiger partial charge in [0.2, 0.25) is 0 Å². The molecule has 3 rings (SSSR count).